The van der Waals surface area contributed by atoms with E-state index >= 15 is 0 Å². The number of hydrogen-bond acceptors (Lipinski definition) is 4. The van der Waals surface area contributed by atoms with Gasteiger partial charge in [0.25, 0.3) is 0 Å². The summed E-state index contributed by atoms with van der Waals surface area (Å²) in [6, 6.07) is 7.80. The minimum absolute atomic E-state index is 0.285. The fourth-order valence-electron chi connectivity index (χ4n) is 2.97. The zero-order valence-electron chi connectivity index (χ0n) is 14.7. The van der Waals surface area contributed by atoms with Gasteiger partial charge in [-0.3, -0.25) is 9.69 Å². The first-order valence-electron chi connectivity index (χ1n) is 8.71. The molecule has 0 atom stereocenters. The van der Waals surface area contributed by atoms with E-state index < -0.39 is 0 Å². The molecule has 1 amide bonds. The molecule has 134 valence electrons. The van der Waals surface area contributed by atoms with Crippen LogP contribution in [0.2, 0.25) is 5.02 Å². The number of rotatable bonds is 5. The van der Waals surface area contributed by atoms with Gasteiger partial charge in [-0.05, 0) is 18.1 Å². The summed E-state index contributed by atoms with van der Waals surface area (Å²) in [5.74, 6) is 0.708. The molecule has 2 aromatic rings. The van der Waals surface area contributed by atoms with Crippen LogP contribution in [0.3, 0.4) is 0 Å². The molecule has 0 radical (unpaired) electrons. The second-order valence-electron chi connectivity index (χ2n) is 6.91. The van der Waals surface area contributed by atoms with Crippen molar-refractivity contribution in [3.8, 4) is 10.6 Å². The average molecular weight is 378 g/mol. The molecule has 1 fully saturated rings. The van der Waals surface area contributed by atoms with Crippen LogP contribution in [0, 0.1) is 5.92 Å². The van der Waals surface area contributed by atoms with Gasteiger partial charge in [-0.1, -0.05) is 37.6 Å². The maximum Gasteiger partial charge on any atom is 0.222 e. The summed E-state index contributed by atoms with van der Waals surface area (Å²) in [5.41, 5.74) is 2.20. The van der Waals surface area contributed by atoms with E-state index in [0.717, 1.165) is 54.0 Å². The van der Waals surface area contributed by atoms with Gasteiger partial charge in [-0.15, -0.1) is 11.3 Å². The van der Waals surface area contributed by atoms with Crippen LogP contribution >= 0.6 is 22.9 Å². The van der Waals surface area contributed by atoms with E-state index in [4.69, 9.17) is 16.6 Å². The summed E-state index contributed by atoms with van der Waals surface area (Å²) in [6.45, 7) is 8.49. The maximum absolute atomic E-state index is 12.1. The highest BCUT2D eigenvalue weighted by atomic mass is 35.5. The van der Waals surface area contributed by atoms with E-state index in [2.05, 4.69) is 24.1 Å². The average Bonchev–Trinajstić information content (AvgIpc) is 3.04. The molecule has 25 heavy (non-hydrogen) atoms. The zero-order valence-corrected chi connectivity index (χ0v) is 16.3. The summed E-state index contributed by atoms with van der Waals surface area (Å²) < 4.78 is 0. The Hall–Kier alpha value is -1.43. The Balaban J connectivity index is 1.53. The first kappa shape index (κ1) is 18.4. The lowest BCUT2D eigenvalue weighted by molar-refractivity contribution is -0.133. The summed E-state index contributed by atoms with van der Waals surface area (Å²) in [6.07, 6.45) is 0.649. The highest BCUT2D eigenvalue weighted by molar-refractivity contribution is 7.13. The van der Waals surface area contributed by atoms with Gasteiger partial charge in [-0.2, -0.15) is 0 Å². The van der Waals surface area contributed by atoms with Crippen molar-refractivity contribution >= 4 is 28.8 Å². The Labute approximate surface area is 158 Å². The molecule has 1 aromatic carbocycles. The molecule has 1 aliphatic rings. The van der Waals surface area contributed by atoms with E-state index in [-0.39, 0.29) is 5.91 Å². The molecule has 1 aliphatic heterocycles. The molecule has 1 aromatic heterocycles. The molecule has 0 unspecified atom stereocenters. The Morgan fingerprint density at radius 2 is 1.88 bits per heavy atom. The fourth-order valence-corrected chi connectivity index (χ4v) is 3.91. The number of aromatic nitrogens is 1. The van der Waals surface area contributed by atoms with Crippen molar-refractivity contribution in [3.05, 3.63) is 40.4 Å². The number of hydrogen-bond donors (Lipinski definition) is 0. The SMILES string of the molecule is CC(C)CC(=O)N1CCN(Cc2csc(-c3ccc(Cl)cc3)n2)CC1. The molecular weight excluding hydrogens is 354 g/mol. The third-order valence-corrected chi connectivity index (χ3v) is 5.53. The normalized spacial score (nSPS) is 15.8. The van der Waals surface area contributed by atoms with E-state index in [0.29, 0.717) is 12.3 Å². The van der Waals surface area contributed by atoms with Crippen LogP contribution in [0.1, 0.15) is 26.0 Å². The summed E-state index contributed by atoms with van der Waals surface area (Å²) in [4.78, 5) is 21.3. The maximum atomic E-state index is 12.1. The number of nitrogens with zero attached hydrogens (tertiary/aromatic N) is 3. The third kappa shape index (κ3) is 5.03. The Morgan fingerprint density at radius 3 is 2.52 bits per heavy atom. The minimum atomic E-state index is 0.285. The van der Waals surface area contributed by atoms with Crippen LogP contribution in [-0.4, -0.2) is 46.9 Å². The number of carbonyl (C=O) groups is 1. The van der Waals surface area contributed by atoms with Gasteiger partial charge in [0, 0.05) is 55.1 Å². The first-order valence-corrected chi connectivity index (χ1v) is 9.97. The molecular formula is C19H24ClN3OS. The van der Waals surface area contributed by atoms with Gasteiger partial charge in [0.15, 0.2) is 0 Å². The Morgan fingerprint density at radius 1 is 1.20 bits per heavy atom. The number of halogens is 1. The van der Waals surface area contributed by atoms with E-state index in [9.17, 15) is 4.79 Å². The molecule has 0 aliphatic carbocycles. The van der Waals surface area contributed by atoms with Crippen LogP contribution in [0.15, 0.2) is 29.6 Å². The van der Waals surface area contributed by atoms with Gasteiger partial charge in [-0.25, -0.2) is 4.98 Å². The molecule has 1 saturated heterocycles. The summed E-state index contributed by atoms with van der Waals surface area (Å²) in [5, 5.41) is 3.89. The summed E-state index contributed by atoms with van der Waals surface area (Å²) >= 11 is 7.61. The van der Waals surface area contributed by atoms with Crippen LogP contribution in [0.4, 0.5) is 0 Å². The van der Waals surface area contributed by atoms with Crippen molar-refractivity contribution in [2.45, 2.75) is 26.8 Å². The molecule has 0 saturated carbocycles. The highest BCUT2D eigenvalue weighted by Crippen LogP contribution is 2.25. The summed E-state index contributed by atoms with van der Waals surface area (Å²) in [7, 11) is 0. The molecule has 0 N–H and O–H groups in total. The number of benzene rings is 1. The molecule has 0 bridgehead atoms. The lowest BCUT2D eigenvalue weighted by Gasteiger charge is -2.34. The first-order chi connectivity index (χ1) is 12.0. The van der Waals surface area contributed by atoms with Crippen molar-refractivity contribution in [2.24, 2.45) is 5.92 Å². The van der Waals surface area contributed by atoms with Crippen molar-refractivity contribution in [2.75, 3.05) is 26.2 Å². The number of amides is 1. The van der Waals surface area contributed by atoms with Crippen molar-refractivity contribution < 1.29 is 4.79 Å². The van der Waals surface area contributed by atoms with Crippen molar-refractivity contribution in [1.29, 1.82) is 0 Å². The van der Waals surface area contributed by atoms with Crippen molar-refractivity contribution in [3.63, 3.8) is 0 Å². The number of thiazole rings is 1. The van der Waals surface area contributed by atoms with Crippen LogP contribution in [0.5, 0.6) is 0 Å². The molecule has 2 heterocycles. The van der Waals surface area contributed by atoms with Gasteiger partial charge >= 0.3 is 0 Å². The smallest absolute Gasteiger partial charge is 0.222 e. The molecule has 0 spiro atoms. The lowest BCUT2D eigenvalue weighted by atomic mass is 10.1. The van der Waals surface area contributed by atoms with Gasteiger partial charge < -0.3 is 4.90 Å². The monoisotopic (exact) mass is 377 g/mol. The van der Waals surface area contributed by atoms with E-state index in [1.807, 2.05) is 29.2 Å². The largest absolute Gasteiger partial charge is 0.340 e. The van der Waals surface area contributed by atoms with Gasteiger partial charge in [0.05, 0.1) is 5.69 Å². The molecule has 3 rings (SSSR count). The second-order valence-corrected chi connectivity index (χ2v) is 8.20. The van der Waals surface area contributed by atoms with Gasteiger partial charge in [0.2, 0.25) is 5.91 Å². The quantitative estimate of drug-likeness (QED) is 0.785. The van der Waals surface area contributed by atoms with Crippen molar-refractivity contribution in [1.82, 2.24) is 14.8 Å². The van der Waals surface area contributed by atoms with E-state index in [1.165, 1.54) is 0 Å². The Kier molecular flexibility index (Phi) is 6.10. The van der Waals surface area contributed by atoms with Crippen LogP contribution < -0.4 is 0 Å². The van der Waals surface area contributed by atoms with E-state index in [1.54, 1.807) is 11.3 Å². The van der Waals surface area contributed by atoms with Gasteiger partial charge in [0.1, 0.15) is 5.01 Å². The lowest BCUT2D eigenvalue weighted by Crippen LogP contribution is -2.48. The fraction of sp³-hybridized carbons (Fsp3) is 0.474. The topological polar surface area (TPSA) is 36.4 Å². The zero-order chi connectivity index (χ0) is 17.8. The Bertz CT molecular complexity index is 706. The predicted molar refractivity (Wildman–Crippen MR) is 104 cm³/mol. The second kappa shape index (κ2) is 8.30. The van der Waals surface area contributed by atoms with Crippen LogP contribution in [-0.2, 0) is 11.3 Å². The number of carbonyl (C=O) groups excluding carboxylic acids is 1. The molecule has 4 nitrogen and oxygen atoms in total. The number of piperazine rings is 1. The molecule has 6 heteroatoms. The third-order valence-electron chi connectivity index (χ3n) is 4.34. The predicted octanol–water partition coefficient (Wildman–Crippen LogP) is 4.15. The minimum Gasteiger partial charge on any atom is -0.340 e. The van der Waals surface area contributed by atoms with Crippen LogP contribution in [0.25, 0.3) is 10.6 Å². The highest BCUT2D eigenvalue weighted by Gasteiger charge is 2.22. The standard InChI is InChI=1S/C19H24ClN3OS/c1-14(2)11-18(24)23-9-7-22(8-10-23)12-17-13-25-19(21-17)15-3-5-16(20)6-4-15/h3-6,13-14H,7-12H2,1-2H3.